The predicted octanol–water partition coefficient (Wildman–Crippen LogP) is 4.92. The zero-order valence-electron chi connectivity index (χ0n) is 22.2. The third kappa shape index (κ3) is 2.73. The van der Waals surface area contributed by atoms with Crippen LogP contribution in [0.1, 0.15) is 11.1 Å². The molecule has 0 N–H and O–H groups in total. The second kappa shape index (κ2) is 7.99. The minimum atomic E-state index is -2.23. The van der Waals surface area contributed by atoms with Crippen LogP contribution in [0.25, 0.3) is 27.5 Å². The molecule has 6 heteroatoms. The van der Waals surface area contributed by atoms with Gasteiger partial charge in [-0.15, -0.1) is 0 Å². The standard InChI is InChI=1S/C34H23BN4Si/c1-40(2)30-18-7-10-22(20-36)32(30)39(33-23(21-37)11-8-19-31(33)40)35-26-14-4-6-17-29(26)38-28-16-5-3-12-24(28)25-13-9-15-27(35)34(25)38/h3-19H,1-2H3. The Labute approximate surface area is 234 Å². The van der Waals surface area contributed by atoms with Crippen molar-refractivity contribution in [3.63, 3.8) is 0 Å². The van der Waals surface area contributed by atoms with Crippen LogP contribution in [0.4, 0.5) is 11.4 Å². The fourth-order valence-electron chi connectivity index (χ4n) is 7.19. The molecule has 0 saturated heterocycles. The monoisotopic (exact) mass is 526 g/mol. The van der Waals surface area contributed by atoms with Crippen LogP contribution < -0.4 is 26.1 Å². The molecular weight excluding hydrogens is 503 g/mol. The number of hydrogen-bond acceptors (Lipinski definition) is 3. The third-order valence-electron chi connectivity index (χ3n) is 8.89. The molecule has 5 aromatic carbocycles. The van der Waals surface area contributed by atoms with Crippen LogP contribution in [0.15, 0.2) is 103 Å². The van der Waals surface area contributed by atoms with Crippen molar-refractivity contribution < 1.29 is 0 Å². The molecule has 1 aromatic heterocycles. The van der Waals surface area contributed by atoms with E-state index in [2.05, 4.69) is 113 Å². The first-order valence-corrected chi connectivity index (χ1v) is 16.5. The lowest BCUT2D eigenvalue weighted by Gasteiger charge is -2.46. The Morgan fingerprint density at radius 3 is 1.90 bits per heavy atom. The number of hydrogen-bond donors (Lipinski definition) is 0. The van der Waals surface area contributed by atoms with Crippen LogP contribution in [0.2, 0.25) is 13.1 Å². The fourth-order valence-corrected chi connectivity index (χ4v) is 10.2. The van der Waals surface area contributed by atoms with Gasteiger partial charge in [0.25, 0.3) is 0 Å². The van der Waals surface area contributed by atoms with E-state index in [0.717, 1.165) is 22.5 Å². The van der Waals surface area contributed by atoms with E-state index >= 15 is 0 Å². The molecule has 40 heavy (non-hydrogen) atoms. The van der Waals surface area contributed by atoms with Crippen molar-refractivity contribution in [3.8, 4) is 17.8 Å². The molecule has 2 aliphatic heterocycles. The highest BCUT2D eigenvalue weighted by Gasteiger charge is 2.47. The highest BCUT2D eigenvalue weighted by Crippen LogP contribution is 2.40. The first-order valence-electron chi connectivity index (χ1n) is 13.5. The average Bonchev–Trinajstić information content (AvgIpc) is 3.34. The number of para-hydroxylation sites is 5. The van der Waals surface area contributed by atoms with Gasteiger partial charge in [-0.25, -0.2) is 0 Å². The smallest absolute Gasteiger partial charge is 0.332 e. The summed E-state index contributed by atoms with van der Waals surface area (Å²) in [5.74, 6) is 0. The molecule has 0 saturated carbocycles. The van der Waals surface area contributed by atoms with Gasteiger partial charge in [-0.3, -0.25) is 0 Å². The van der Waals surface area contributed by atoms with Crippen LogP contribution in [-0.4, -0.2) is 19.5 Å². The maximum absolute atomic E-state index is 10.4. The SMILES string of the molecule is C[Si]1(C)c2cccc(C#N)c2N(B2c3ccccc3-n3c4ccccc4c4cccc2c43)c2c(C#N)cccc21. The molecule has 3 heterocycles. The van der Waals surface area contributed by atoms with Gasteiger partial charge in [-0.05, 0) is 45.6 Å². The second-order valence-electron chi connectivity index (χ2n) is 11.2. The Morgan fingerprint density at radius 1 is 0.625 bits per heavy atom. The van der Waals surface area contributed by atoms with E-state index in [1.165, 1.54) is 37.6 Å². The summed E-state index contributed by atoms with van der Waals surface area (Å²) in [7, 11) is -2.23. The largest absolute Gasteiger partial charge is 0.375 e. The van der Waals surface area contributed by atoms with Crippen molar-refractivity contribution in [2.45, 2.75) is 13.1 Å². The van der Waals surface area contributed by atoms with Gasteiger partial charge in [0.1, 0.15) is 20.2 Å². The molecule has 6 aromatic rings. The molecule has 0 aliphatic carbocycles. The second-order valence-corrected chi connectivity index (χ2v) is 15.5. The maximum Gasteiger partial charge on any atom is 0.332 e. The highest BCUT2D eigenvalue weighted by atomic mass is 28.3. The Bertz CT molecular complexity index is 2080. The van der Waals surface area contributed by atoms with E-state index < -0.39 is 8.07 Å². The number of aromatic nitrogens is 1. The lowest BCUT2D eigenvalue weighted by atomic mass is 9.46. The van der Waals surface area contributed by atoms with E-state index in [1.807, 2.05) is 24.3 Å². The average molecular weight is 526 g/mol. The Hall–Kier alpha value is -5.04. The minimum absolute atomic E-state index is 0.219. The van der Waals surface area contributed by atoms with Crippen LogP contribution in [0, 0.1) is 22.7 Å². The first kappa shape index (κ1) is 22.9. The van der Waals surface area contributed by atoms with E-state index in [4.69, 9.17) is 0 Å². The van der Waals surface area contributed by atoms with E-state index in [1.54, 1.807) is 0 Å². The van der Waals surface area contributed by atoms with Gasteiger partial charge in [-0.2, -0.15) is 10.5 Å². The summed E-state index contributed by atoms with van der Waals surface area (Å²) in [6.07, 6.45) is 0. The fraction of sp³-hybridized carbons (Fsp3) is 0.0588. The molecule has 2 aliphatic rings. The number of nitriles is 2. The Morgan fingerprint density at radius 2 is 1.20 bits per heavy atom. The predicted molar refractivity (Wildman–Crippen MR) is 167 cm³/mol. The van der Waals surface area contributed by atoms with E-state index in [-0.39, 0.29) is 6.85 Å². The molecule has 0 unspecified atom stereocenters. The summed E-state index contributed by atoms with van der Waals surface area (Å²) in [6, 6.07) is 41.0. The summed E-state index contributed by atoms with van der Waals surface area (Å²) in [4.78, 5) is 2.33. The summed E-state index contributed by atoms with van der Waals surface area (Å²) in [5.41, 5.74) is 9.00. The van der Waals surface area contributed by atoms with Crippen LogP contribution >= 0.6 is 0 Å². The molecular formula is C34H23BN4Si. The lowest BCUT2D eigenvalue weighted by molar-refractivity contribution is 1.18. The molecule has 0 atom stereocenters. The lowest BCUT2D eigenvalue weighted by Crippen LogP contribution is -2.67. The number of fused-ring (bicyclic) bond motifs is 7. The van der Waals surface area contributed by atoms with Gasteiger partial charge >= 0.3 is 6.85 Å². The molecule has 0 fully saturated rings. The van der Waals surface area contributed by atoms with E-state index in [9.17, 15) is 10.5 Å². The molecule has 0 bridgehead atoms. The van der Waals surface area contributed by atoms with Crippen molar-refractivity contribution in [1.82, 2.24) is 4.57 Å². The Balaban J connectivity index is 1.57. The van der Waals surface area contributed by atoms with Gasteiger partial charge in [0.2, 0.25) is 0 Å². The molecule has 8 rings (SSSR count). The molecule has 186 valence electrons. The highest BCUT2D eigenvalue weighted by molar-refractivity contribution is 7.04. The van der Waals surface area contributed by atoms with E-state index in [0.29, 0.717) is 11.1 Å². The van der Waals surface area contributed by atoms with Crippen molar-refractivity contribution in [2.75, 3.05) is 4.81 Å². The van der Waals surface area contributed by atoms with Gasteiger partial charge in [0.05, 0.1) is 22.2 Å². The first-order chi connectivity index (χ1) is 19.6. The van der Waals surface area contributed by atoms with Crippen molar-refractivity contribution in [2.24, 2.45) is 0 Å². The summed E-state index contributed by atoms with van der Waals surface area (Å²) >= 11 is 0. The van der Waals surface area contributed by atoms with Gasteiger partial charge in [0, 0.05) is 27.8 Å². The zero-order chi connectivity index (χ0) is 27.2. The van der Waals surface area contributed by atoms with Crippen molar-refractivity contribution >= 4 is 69.4 Å². The summed E-state index contributed by atoms with van der Waals surface area (Å²) < 4.78 is 2.39. The van der Waals surface area contributed by atoms with Crippen LogP contribution in [0.3, 0.4) is 0 Å². The van der Waals surface area contributed by atoms with Crippen molar-refractivity contribution in [1.29, 1.82) is 10.5 Å². The van der Waals surface area contributed by atoms with Gasteiger partial charge in [0.15, 0.2) is 0 Å². The summed E-state index contributed by atoms with van der Waals surface area (Å²) in [5, 5.41) is 25.7. The van der Waals surface area contributed by atoms with Gasteiger partial charge < -0.3 is 9.38 Å². The number of anilines is 2. The van der Waals surface area contributed by atoms with Crippen molar-refractivity contribution in [3.05, 3.63) is 114 Å². The maximum atomic E-state index is 10.4. The topological polar surface area (TPSA) is 55.8 Å². The van der Waals surface area contributed by atoms with Crippen LogP contribution in [-0.2, 0) is 0 Å². The Kier molecular flexibility index (Phi) is 4.57. The third-order valence-corrected chi connectivity index (χ3v) is 12.4. The van der Waals surface area contributed by atoms with Crippen LogP contribution in [0.5, 0.6) is 0 Å². The number of nitrogens with zero attached hydrogens (tertiary/aromatic N) is 4. The zero-order valence-corrected chi connectivity index (χ0v) is 23.2. The number of benzene rings is 5. The normalized spacial score (nSPS) is 14.3. The summed E-state index contributed by atoms with van der Waals surface area (Å²) in [6.45, 7) is 4.44. The molecule has 4 nitrogen and oxygen atoms in total. The number of rotatable bonds is 1. The molecule has 0 spiro atoms. The van der Waals surface area contributed by atoms with Gasteiger partial charge in [-0.1, -0.05) is 92.0 Å². The molecule has 0 radical (unpaired) electrons. The minimum Gasteiger partial charge on any atom is -0.375 e. The molecule has 0 amide bonds. The quantitative estimate of drug-likeness (QED) is 0.286.